The molecule has 1 fully saturated rings. The Labute approximate surface area is 119 Å². The van der Waals surface area contributed by atoms with Crippen LogP contribution in [0.4, 0.5) is 0 Å². The van der Waals surface area contributed by atoms with Crippen molar-refractivity contribution in [1.29, 1.82) is 5.26 Å². The number of carbonyl (C=O) groups excluding carboxylic acids is 1. The fourth-order valence-corrected chi connectivity index (χ4v) is 2.46. The van der Waals surface area contributed by atoms with Gasteiger partial charge in [0.2, 0.25) is 5.91 Å². The Morgan fingerprint density at radius 2 is 2.25 bits per heavy atom. The first-order chi connectivity index (χ1) is 9.63. The smallest absolute Gasteiger partial charge is 0.240 e. The molecule has 1 aliphatic rings. The van der Waals surface area contributed by atoms with Crippen LogP contribution in [0.2, 0.25) is 0 Å². The summed E-state index contributed by atoms with van der Waals surface area (Å²) in [7, 11) is 3.55. The molecule has 1 N–H and O–H groups in total. The first-order valence-corrected chi connectivity index (χ1v) is 6.77. The standard InChI is InChI=1S/C15H20N4O/c1-18(2)15(20)14-10-17-7-8-19(14)11-13-6-4-3-5-12(13)9-16/h3-6,14,17H,7-8,10-11H2,1-2H3. The van der Waals surface area contributed by atoms with E-state index in [2.05, 4.69) is 16.3 Å². The third kappa shape index (κ3) is 3.16. The van der Waals surface area contributed by atoms with Crippen LogP contribution in [0.5, 0.6) is 0 Å². The van der Waals surface area contributed by atoms with Gasteiger partial charge < -0.3 is 10.2 Å². The van der Waals surface area contributed by atoms with Gasteiger partial charge in [-0.2, -0.15) is 5.26 Å². The van der Waals surface area contributed by atoms with Gasteiger partial charge in [0.15, 0.2) is 0 Å². The third-order valence-electron chi connectivity index (χ3n) is 3.59. The molecule has 0 bridgehead atoms. The van der Waals surface area contributed by atoms with E-state index in [4.69, 9.17) is 5.26 Å². The summed E-state index contributed by atoms with van der Waals surface area (Å²) in [5, 5.41) is 12.4. The zero-order chi connectivity index (χ0) is 14.5. The number of rotatable bonds is 3. The van der Waals surface area contributed by atoms with E-state index in [1.165, 1.54) is 0 Å². The van der Waals surface area contributed by atoms with Gasteiger partial charge in [0, 0.05) is 40.3 Å². The van der Waals surface area contributed by atoms with E-state index in [1.807, 2.05) is 24.3 Å². The zero-order valence-electron chi connectivity index (χ0n) is 12.0. The highest BCUT2D eigenvalue weighted by Gasteiger charge is 2.29. The van der Waals surface area contributed by atoms with Gasteiger partial charge in [-0.1, -0.05) is 18.2 Å². The quantitative estimate of drug-likeness (QED) is 0.866. The predicted octanol–water partition coefficient (Wildman–Crippen LogP) is 0.420. The van der Waals surface area contributed by atoms with Gasteiger partial charge in [0.1, 0.15) is 6.04 Å². The number of carbonyl (C=O) groups is 1. The topological polar surface area (TPSA) is 59.4 Å². The van der Waals surface area contributed by atoms with Gasteiger partial charge in [-0.3, -0.25) is 9.69 Å². The maximum atomic E-state index is 12.2. The zero-order valence-corrected chi connectivity index (χ0v) is 12.0. The minimum absolute atomic E-state index is 0.103. The van der Waals surface area contributed by atoms with Crippen molar-refractivity contribution in [2.75, 3.05) is 33.7 Å². The largest absolute Gasteiger partial charge is 0.347 e. The molecule has 106 valence electrons. The molecule has 0 aliphatic carbocycles. The number of nitrogens with one attached hydrogen (secondary N) is 1. The number of benzene rings is 1. The van der Waals surface area contributed by atoms with Crippen molar-refractivity contribution in [1.82, 2.24) is 15.1 Å². The summed E-state index contributed by atoms with van der Waals surface area (Å²) in [6.45, 7) is 2.97. The van der Waals surface area contributed by atoms with Crippen LogP contribution >= 0.6 is 0 Å². The normalized spacial score (nSPS) is 19.4. The van der Waals surface area contributed by atoms with Crippen LogP contribution in [0.3, 0.4) is 0 Å². The Morgan fingerprint density at radius 1 is 1.50 bits per heavy atom. The summed E-state index contributed by atoms with van der Waals surface area (Å²) >= 11 is 0. The lowest BCUT2D eigenvalue weighted by Crippen LogP contribution is -2.57. The first kappa shape index (κ1) is 14.5. The highest BCUT2D eigenvalue weighted by Crippen LogP contribution is 2.15. The second-order valence-electron chi connectivity index (χ2n) is 5.19. The molecule has 1 aromatic carbocycles. The summed E-state index contributed by atoms with van der Waals surface area (Å²) in [5.41, 5.74) is 1.66. The Hall–Kier alpha value is -1.90. The number of piperazine rings is 1. The summed E-state index contributed by atoms with van der Waals surface area (Å²) in [6.07, 6.45) is 0. The van der Waals surface area contributed by atoms with E-state index in [0.29, 0.717) is 18.7 Å². The lowest BCUT2D eigenvalue weighted by atomic mass is 10.1. The highest BCUT2D eigenvalue weighted by molar-refractivity contribution is 5.81. The van der Waals surface area contributed by atoms with Crippen molar-refractivity contribution in [2.45, 2.75) is 12.6 Å². The van der Waals surface area contributed by atoms with E-state index < -0.39 is 0 Å². The Morgan fingerprint density at radius 3 is 2.95 bits per heavy atom. The molecular weight excluding hydrogens is 252 g/mol. The monoisotopic (exact) mass is 272 g/mol. The van der Waals surface area contributed by atoms with E-state index in [9.17, 15) is 4.79 Å². The Kier molecular flexibility index (Phi) is 4.72. The fourth-order valence-electron chi connectivity index (χ4n) is 2.46. The molecule has 1 atom stereocenters. The van der Waals surface area contributed by atoms with Crippen LogP contribution in [0.1, 0.15) is 11.1 Å². The maximum Gasteiger partial charge on any atom is 0.240 e. The second-order valence-corrected chi connectivity index (χ2v) is 5.19. The predicted molar refractivity (Wildman–Crippen MR) is 76.9 cm³/mol. The van der Waals surface area contributed by atoms with Crippen LogP contribution in [-0.4, -0.2) is 55.5 Å². The number of amides is 1. The molecule has 0 aromatic heterocycles. The van der Waals surface area contributed by atoms with Crippen LogP contribution < -0.4 is 5.32 Å². The average molecular weight is 272 g/mol. The fraction of sp³-hybridized carbons (Fsp3) is 0.467. The first-order valence-electron chi connectivity index (χ1n) is 6.77. The van der Waals surface area contributed by atoms with Crippen molar-refractivity contribution < 1.29 is 4.79 Å². The van der Waals surface area contributed by atoms with E-state index in [0.717, 1.165) is 18.7 Å². The molecule has 1 aromatic rings. The molecule has 0 spiro atoms. The maximum absolute atomic E-state index is 12.2. The SMILES string of the molecule is CN(C)C(=O)C1CNCCN1Cc1ccccc1C#N. The van der Waals surface area contributed by atoms with Gasteiger partial charge in [-0.15, -0.1) is 0 Å². The van der Waals surface area contributed by atoms with Crippen molar-refractivity contribution in [2.24, 2.45) is 0 Å². The molecule has 0 radical (unpaired) electrons. The second kappa shape index (κ2) is 6.51. The molecule has 5 nitrogen and oxygen atoms in total. The van der Waals surface area contributed by atoms with E-state index in [1.54, 1.807) is 19.0 Å². The van der Waals surface area contributed by atoms with E-state index in [-0.39, 0.29) is 11.9 Å². The lowest BCUT2D eigenvalue weighted by molar-refractivity contribution is -0.135. The number of nitriles is 1. The van der Waals surface area contributed by atoms with Crippen LogP contribution in [0.15, 0.2) is 24.3 Å². The van der Waals surface area contributed by atoms with Crippen molar-refractivity contribution in [3.63, 3.8) is 0 Å². The minimum Gasteiger partial charge on any atom is -0.347 e. The molecule has 1 amide bonds. The summed E-state index contributed by atoms with van der Waals surface area (Å²) in [4.78, 5) is 16.0. The molecule has 2 rings (SSSR count). The summed E-state index contributed by atoms with van der Waals surface area (Å²) in [5.74, 6) is 0.103. The van der Waals surface area contributed by atoms with Crippen LogP contribution in [0, 0.1) is 11.3 Å². The van der Waals surface area contributed by atoms with Crippen LogP contribution in [-0.2, 0) is 11.3 Å². The van der Waals surface area contributed by atoms with Crippen molar-refractivity contribution in [3.05, 3.63) is 35.4 Å². The molecular formula is C15H20N4O. The molecule has 1 saturated heterocycles. The number of nitrogens with zero attached hydrogens (tertiary/aromatic N) is 3. The molecule has 1 heterocycles. The summed E-state index contributed by atoms with van der Waals surface area (Å²) in [6, 6.07) is 9.62. The molecule has 1 aliphatic heterocycles. The van der Waals surface area contributed by atoms with Gasteiger partial charge in [0.05, 0.1) is 11.6 Å². The number of hydrogen-bond acceptors (Lipinski definition) is 4. The molecule has 20 heavy (non-hydrogen) atoms. The lowest BCUT2D eigenvalue weighted by Gasteiger charge is -2.36. The molecule has 1 unspecified atom stereocenters. The van der Waals surface area contributed by atoms with Gasteiger partial charge >= 0.3 is 0 Å². The summed E-state index contributed by atoms with van der Waals surface area (Å²) < 4.78 is 0. The highest BCUT2D eigenvalue weighted by atomic mass is 16.2. The van der Waals surface area contributed by atoms with Crippen LogP contribution in [0.25, 0.3) is 0 Å². The molecule has 0 saturated carbocycles. The minimum atomic E-state index is -0.162. The van der Waals surface area contributed by atoms with Crippen molar-refractivity contribution in [3.8, 4) is 6.07 Å². The van der Waals surface area contributed by atoms with Crippen molar-refractivity contribution >= 4 is 5.91 Å². The number of hydrogen-bond donors (Lipinski definition) is 1. The Balaban J connectivity index is 2.17. The van der Waals surface area contributed by atoms with Gasteiger partial charge in [0.25, 0.3) is 0 Å². The number of likely N-dealkylation sites (N-methyl/N-ethyl adjacent to an activating group) is 1. The van der Waals surface area contributed by atoms with Gasteiger partial charge in [-0.05, 0) is 11.6 Å². The Bertz CT molecular complexity index is 521. The van der Waals surface area contributed by atoms with Gasteiger partial charge in [-0.25, -0.2) is 0 Å². The third-order valence-corrected chi connectivity index (χ3v) is 3.59. The average Bonchev–Trinajstić information content (AvgIpc) is 2.47. The molecule has 5 heteroatoms. The van der Waals surface area contributed by atoms with E-state index >= 15 is 0 Å².